The fourth-order valence-electron chi connectivity index (χ4n) is 3.57. The molecule has 0 radical (unpaired) electrons. The van der Waals surface area contributed by atoms with E-state index in [9.17, 15) is 0 Å². The molecule has 0 spiro atoms. The van der Waals surface area contributed by atoms with Crippen molar-refractivity contribution in [2.45, 2.75) is 37.8 Å². The van der Waals surface area contributed by atoms with Gasteiger partial charge in [0.25, 0.3) is 0 Å². The number of benzene rings is 2. The highest BCUT2D eigenvalue weighted by atomic mass is 32.1. The van der Waals surface area contributed by atoms with E-state index in [1.165, 1.54) is 0 Å². The Bertz CT molecular complexity index is 798. The lowest BCUT2D eigenvalue weighted by atomic mass is 9.91. The summed E-state index contributed by atoms with van der Waals surface area (Å²) >= 11 is 11.0. The van der Waals surface area contributed by atoms with Crippen LogP contribution in [-0.2, 0) is 0 Å². The van der Waals surface area contributed by atoms with Crippen LogP contribution in [0, 0.1) is 0 Å². The van der Waals surface area contributed by atoms with E-state index in [0.29, 0.717) is 22.3 Å². The molecule has 0 unspecified atom stereocenters. The molecular formula is C22H28N4O2S2. The molecule has 1 fully saturated rings. The van der Waals surface area contributed by atoms with Gasteiger partial charge in [-0.05, 0) is 74.4 Å². The molecule has 1 aliphatic rings. The van der Waals surface area contributed by atoms with Crippen molar-refractivity contribution in [1.29, 1.82) is 0 Å². The standard InChI is InChI=1S/C22H28N4O2S2/c1-27-19-9-5-3-7-17(19)25-21(29)23-15-11-13-16(14-12-15)24-22(30)26-18-8-4-6-10-20(18)28-2/h3-10,15-16H,11-14H2,1-2H3,(H2,23,25,29)(H2,24,26,30). The fourth-order valence-corrected chi connectivity index (χ4v) is 4.12. The van der Waals surface area contributed by atoms with Crippen molar-refractivity contribution in [2.75, 3.05) is 24.9 Å². The molecule has 2 aromatic rings. The molecule has 0 amide bonds. The highest BCUT2D eigenvalue weighted by molar-refractivity contribution is 7.80. The molecule has 0 aromatic heterocycles. The molecule has 1 aliphatic carbocycles. The zero-order valence-electron chi connectivity index (χ0n) is 17.2. The predicted molar refractivity (Wildman–Crippen MR) is 131 cm³/mol. The van der Waals surface area contributed by atoms with Gasteiger partial charge in [0.15, 0.2) is 10.2 Å². The SMILES string of the molecule is COc1ccccc1NC(=S)NC1CCC(NC(=S)Nc2ccccc2OC)CC1. The van der Waals surface area contributed by atoms with Crippen LogP contribution in [0.1, 0.15) is 25.7 Å². The third-order valence-electron chi connectivity index (χ3n) is 5.11. The number of para-hydroxylation sites is 4. The van der Waals surface area contributed by atoms with E-state index < -0.39 is 0 Å². The van der Waals surface area contributed by atoms with E-state index in [1.54, 1.807) is 14.2 Å². The van der Waals surface area contributed by atoms with Gasteiger partial charge in [-0.25, -0.2) is 0 Å². The molecule has 8 heteroatoms. The number of rotatable bonds is 6. The minimum absolute atomic E-state index is 0.341. The van der Waals surface area contributed by atoms with Crippen molar-refractivity contribution in [3.8, 4) is 11.5 Å². The molecular weight excluding hydrogens is 416 g/mol. The zero-order chi connectivity index (χ0) is 21.3. The molecule has 30 heavy (non-hydrogen) atoms. The van der Waals surface area contributed by atoms with Gasteiger partial charge in [0.1, 0.15) is 11.5 Å². The second-order valence-corrected chi connectivity index (χ2v) is 7.96. The van der Waals surface area contributed by atoms with E-state index >= 15 is 0 Å². The van der Waals surface area contributed by atoms with Crippen LogP contribution in [0.3, 0.4) is 0 Å². The number of hydrogen-bond acceptors (Lipinski definition) is 4. The highest BCUT2D eigenvalue weighted by Gasteiger charge is 2.22. The Morgan fingerprint density at radius 1 is 0.700 bits per heavy atom. The van der Waals surface area contributed by atoms with Gasteiger partial charge in [-0.3, -0.25) is 0 Å². The van der Waals surface area contributed by atoms with Gasteiger partial charge in [-0.2, -0.15) is 0 Å². The van der Waals surface area contributed by atoms with Gasteiger partial charge in [0.2, 0.25) is 0 Å². The predicted octanol–water partition coefficient (Wildman–Crippen LogP) is 4.29. The Morgan fingerprint density at radius 2 is 1.07 bits per heavy atom. The Hall–Kier alpha value is -2.58. The molecule has 6 nitrogen and oxygen atoms in total. The summed E-state index contributed by atoms with van der Waals surface area (Å²) in [5.74, 6) is 1.54. The van der Waals surface area contributed by atoms with Gasteiger partial charge in [-0.15, -0.1) is 0 Å². The molecule has 0 aliphatic heterocycles. The molecule has 3 rings (SSSR count). The lowest BCUT2D eigenvalue weighted by Gasteiger charge is -2.31. The fraction of sp³-hybridized carbons (Fsp3) is 0.364. The van der Waals surface area contributed by atoms with Gasteiger partial charge >= 0.3 is 0 Å². The van der Waals surface area contributed by atoms with E-state index in [4.69, 9.17) is 33.9 Å². The van der Waals surface area contributed by atoms with Gasteiger partial charge < -0.3 is 30.7 Å². The number of ether oxygens (including phenoxy) is 2. The molecule has 0 saturated heterocycles. The first-order valence-electron chi connectivity index (χ1n) is 10.00. The maximum absolute atomic E-state index is 5.48. The van der Waals surface area contributed by atoms with Gasteiger partial charge in [0, 0.05) is 12.1 Å². The number of nitrogens with one attached hydrogen (secondary N) is 4. The Balaban J connectivity index is 1.42. The van der Waals surface area contributed by atoms with E-state index in [0.717, 1.165) is 48.6 Å². The van der Waals surface area contributed by atoms with Crippen molar-refractivity contribution in [2.24, 2.45) is 0 Å². The zero-order valence-corrected chi connectivity index (χ0v) is 18.9. The monoisotopic (exact) mass is 444 g/mol. The van der Waals surface area contributed by atoms with Crippen molar-refractivity contribution in [3.05, 3.63) is 48.5 Å². The first-order chi connectivity index (χ1) is 14.6. The van der Waals surface area contributed by atoms with Crippen LogP contribution in [0.4, 0.5) is 11.4 Å². The quantitative estimate of drug-likeness (QED) is 0.492. The topological polar surface area (TPSA) is 66.6 Å². The van der Waals surface area contributed by atoms with Crippen molar-refractivity contribution in [3.63, 3.8) is 0 Å². The molecule has 1 saturated carbocycles. The Morgan fingerprint density at radius 3 is 1.43 bits per heavy atom. The summed E-state index contributed by atoms with van der Waals surface area (Å²) in [6.07, 6.45) is 4.07. The lowest BCUT2D eigenvalue weighted by molar-refractivity contribution is 0.356. The highest BCUT2D eigenvalue weighted by Crippen LogP contribution is 2.25. The van der Waals surface area contributed by atoms with E-state index in [1.807, 2.05) is 48.5 Å². The van der Waals surface area contributed by atoms with Crippen molar-refractivity contribution >= 4 is 46.0 Å². The number of thiocarbonyl (C=S) groups is 2. The second kappa shape index (κ2) is 11.0. The normalized spacial score (nSPS) is 18.1. The van der Waals surface area contributed by atoms with Gasteiger partial charge in [0.05, 0.1) is 25.6 Å². The molecule has 2 aromatic carbocycles. The van der Waals surface area contributed by atoms with Crippen LogP contribution >= 0.6 is 24.4 Å². The summed E-state index contributed by atoms with van der Waals surface area (Å²) in [5.41, 5.74) is 1.72. The summed E-state index contributed by atoms with van der Waals surface area (Å²) in [6, 6.07) is 16.2. The number of methoxy groups -OCH3 is 2. The summed E-state index contributed by atoms with van der Waals surface area (Å²) in [4.78, 5) is 0. The number of hydrogen-bond donors (Lipinski definition) is 4. The number of anilines is 2. The van der Waals surface area contributed by atoms with Crippen LogP contribution in [-0.4, -0.2) is 36.5 Å². The summed E-state index contributed by atoms with van der Waals surface area (Å²) in [6.45, 7) is 0. The van der Waals surface area contributed by atoms with E-state index in [2.05, 4.69) is 21.3 Å². The van der Waals surface area contributed by atoms with Crippen LogP contribution in [0.15, 0.2) is 48.5 Å². The molecule has 0 heterocycles. The minimum Gasteiger partial charge on any atom is -0.495 e. The minimum atomic E-state index is 0.341. The van der Waals surface area contributed by atoms with E-state index in [-0.39, 0.29) is 0 Å². The van der Waals surface area contributed by atoms with Crippen LogP contribution in [0.2, 0.25) is 0 Å². The Kier molecular flexibility index (Phi) is 8.10. The van der Waals surface area contributed by atoms with Crippen LogP contribution < -0.4 is 30.7 Å². The second-order valence-electron chi connectivity index (χ2n) is 7.15. The lowest BCUT2D eigenvalue weighted by Crippen LogP contribution is -2.45. The molecule has 0 atom stereocenters. The molecule has 0 bridgehead atoms. The smallest absolute Gasteiger partial charge is 0.171 e. The summed E-state index contributed by atoms with van der Waals surface area (Å²) in [7, 11) is 3.30. The first kappa shape index (κ1) is 22.1. The van der Waals surface area contributed by atoms with Crippen LogP contribution in [0.25, 0.3) is 0 Å². The average Bonchev–Trinajstić information content (AvgIpc) is 2.76. The van der Waals surface area contributed by atoms with Crippen LogP contribution in [0.5, 0.6) is 11.5 Å². The van der Waals surface area contributed by atoms with Crippen molar-refractivity contribution in [1.82, 2.24) is 10.6 Å². The Labute approximate surface area is 188 Å². The maximum atomic E-state index is 5.48. The summed E-state index contributed by atoms with van der Waals surface area (Å²) < 4.78 is 10.7. The largest absolute Gasteiger partial charge is 0.495 e. The summed E-state index contributed by atoms with van der Waals surface area (Å²) in [5, 5.41) is 14.5. The third kappa shape index (κ3) is 6.21. The molecule has 4 N–H and O–H groups in total. The third-order valence-corrected chi connectivity index (χ3v) is 5.55. The first-order valence-corrected chi connectivity index (χ1v) is 10.8. The average molecular weight is 445 g/mol. The van der Waals surface area contributed by atoms with Crippen molar-refractivity contribution < 1.29 is 9.47 Å². The maximum Gasteiger partial charge on any atom is 0.171 e. The van der Waals surface area contributed by atoms with Gasteiger partial charge in [-0.1, -0.05) is 24.3 Å². The molecule has 160 valence electrons.